The second-order valence-corrected chi connectivity index (χ2v) is 9.17. The number of para-hydroxylation sites is 1. The number of hydrogen-bond donors (Lipinski definition) is 1. The van der Waals surface area contributed by atoms with Crippen LogP contribution in [0, 0.1) is 0 Å². The second-order valence-electron chi connectivity index (χ2n) is 7.23. The van der Waals surface area contributed by atoms with Crippen molar-refractivity contribution < 1.29 is 22.7 Å². The van der Waals surface area contributed by atoms with Crippen molar-refractivity contribution in [2.45, 2.75) is 11.8 Å². The van der Waals surface area contributed by atoms with Gasteiger partial charge in [0.25, 0.3) is 5.91 Å². The van der Waals surface area contributed by atoms with Crippen molar-refractivity contribution >= 4 is 21.6 Å². The molecule has 31 heavy (non-hydrogen) atoms. The molecule has 1 aliphatic rings. The molecule has 0 saturated carbocycles. The predicted octanol–water partition coefficient (Wildman–Crippen LogP) is 2.29. The maximum Gasteiger partial charge on any atom is 0.259 e. The van der Waals surface area contributed by atoms with Crippen LogP contribution in [0.15, 0.2) is 53.4 Å². The molecule has 0 aromatic heterocycles. The number of nitrogens with one attached hydrogen (secondary N) is 1. The molecule has 0 unspecified atom stereocenters. The van der Waals surface area contributed by atoms with Gasteiger partial charge in [0.15, 0.2) is 0 Å². The number of sulfonamides is 1. The molecule has 1 saturated heterocycles. The minimum Gasteiger partial charge on any atom is -0.490 e. The molecule has 0 atom stereocenters. The average Bonchev–Trinajstić information content (AvgIpc) is 2.77. The third-order valence-electron chi connectivity index (χ3n) is 5.01. The molecule has 2 aromatic rings. The number of hydrogen-bond acceptors (Lipinski definition) is 6. The molecular formula is C22H29N3O5S. The third-order valence-corrected chi connectivity index (χ3v) is 6.91. The summed E-state index contributed by atoms with van der Waals surface area (Å²) in [5.41, 5.74) is 0.774. The normalized spacial score (nSPS) is 15.5. The van der Waals surface area contributed by atoms with Gasteiger partial charge in [-0.2, -0.15) is 4.31 Å². The molecule has 1 N–H and O–H groups in total. The Bertz CT molecular complexity index is 988. The van der Waals surface area contributed by atoms with Crippen LogP contribution in [-0.2, 0) is 14.8 Å². The fraction of sp³-hybridized carbons (Fsp3) is 0.409. The molecule has 1 heterocycles. The van der Waals surface area contributed by atoms with E-state index >= 15 is 0 Å². The Morgan fingerprint density at radius 3 is 2.52 bits per heavy atom. The molecule has 1 aliphatic heterocycles. The Morgan fingerprint density at radius 1 is 1.03 bits per heavy atom. The van der Waals surface area contributed by atoms with E-state index in [1.165, 1.54) is 10.4 Å². The van der Waals surface area contributed by atoms with E-state index in [4.69, 9.17) is 9.47 Å². The number of rotatable bonds is 9. The van der Waals surface area contributed by atoms with E-state index in [1.807, 2.05) is 14.0 Å². The van der Waals surface area contributed by atoms with Crippen molar-refractivity contribution in [3.63, 3.8) is 0 Å². The maximum atomic E-state index is 13.0. The summed E-state index contributed by atoms with van der Waals surface area (Å²) < 4.78 is 38.4. The lowest BCUT2D eigenvalue weighted by Gasteiger charge is -2.31. The quantitative estimate of drug-likeness (QED) is 0.594. The zero-order valence-corrected chi connectivity index (χ0v) is 18.7. The van der Waals surface area contributed by atoms with E-state index in [1.54, 1.807) is 42.5 Å². The summed E-state index contributed by atoms with van der Waals surface area (Å²) in [6, 6.07) is 13.3. The summed E-state index contributed by atoms with van der Waals surface area (Å²) in [6.45, 7) is 5.53. The number of amides is 1. The van der Waals surface area contributed by atoms with Crippen LogP contribution in [0.25, 0.3) is 0 Å². The Morgan fingerprint density at radius 2 is 1.77 bits per heavy atom. The summed E-state index contributed by atoms with van der Waals surface area (Å²) >= 11 is 0. The van der Waals surface area contributed by atoms with Gasteiger partial charge in [-0.25, -0.2) is 8.42 Å². The summed E-state index contributed by atoms with van der Waals surface area (Å²) in [5.74, 6) is 0.0714. The van der Waals surface area contributed by atoms with Crippen molar-refractivity contribution in [2.24, 2.45) is 0 Å². The first-order valence-corrected chi connectivity index (χ1v) is 11.8. The van der Waals surface area contributed by atoms with Gasteiger partial charge in [0.2, 0.25) is 10.0 Å². The van der Waals surface area contributed by atoms with Crippen molar-refractivity contribution in [2.75, 3.05) is 58.4 Å². The van der Waals surface area contributed by atoms with E-state index in [2.05, 4.69) is 10.2 Å². The van der Waals surface area contributed by atoms with E-state index in [0.29, 0.717) is 63.0 Å². The number of carbonyl (C=O) groups is 1. The summed E-state index contributed by atoms with van der Waals surface area (Å²) in [5, 5.41) is 2.78. The fourth-order valence-electron chi connectivity index (χ4n) is 3.25. The highest BCUT2D eigenvalue weighted by Crippen LogP contribution is 2.23. The molecule has 8 nitrogen and oxygen atoms in total. The molecule has 0 bridgehead atoms. The number of benzene rings is 2. The maximum absolute atomic E-state index is 13.0. The third kappa shape index (κ3) is 6.04. The summed E-state index contributed by atoms with van der Waals surface area (Å²) in [4.78, 5) is 15.1. The predicted molar refractivity (Wildman–Crippen MR) is 119 cm³/mol. The van der Waals surface area contributed by atoms with Crippen LogP contribution in [0.3, 0.4) is 0 Å². The Hall–Kier alpha value is -2.46. The topological polar surface area (TPSA) is 88.2 Å². The lowest BCUT2D eigenvalue weighted by atomic mass is 10.2. The minimum atomic E-state index is -3.62. The zero-order chi connectivity index (χ0) is 22.3. The van der Waals surface area contributed by atoms with Gasteiger partial charge in [-0.05, 0) is 44.3 Å². The second kappa shape index (κ2) is 10.7. The Balaban J connectivity index is 1.72. The molecule has 9 heteroatoms. The average molecular weight is 448 g/mol. The van der Waals surface area contributed by atoms with E-state index in [-0.39, 0.29) is 10.8 Å². The number of carbonyl (C=O) groups excluding carboxylic acids is 1. The van der Waals surface area contributed by atoms with Gasteiger partial charge in [0.05, 0.1) is 17.1 Å². The fourth-order valence-corrected chi connectivity index (χ4v) is 4.71. The molecule has 1 fully saturated rings. The molecule has 2 aromatic carbocycles. The van der Waals surface area contributed by atoms with Gasteiger partial charge < -0.3 is 19.7 Å². The van der Waals surface area contributed by atoms with E-state index in [0.717, 1.165) is 0 Å². The lowest BCUT2D eigenvalue weighted by molar-refractivity contribution is 0.0998. The molecule has 0 spiro atoms. The highest BCUT2D eigenvalue weighted by atomic mass is 32.2. The van der Waals surface area contributed by atoms with Crippen LogP contribution in [0.2, 0.25) is 0 Å². The number of piperazine rings is 1. The van der Waals surface area contributed by atoms with Crippen molar-refractivity contribution in [3.8, 4) is 5.75 Å². The van der Waals surface area contributed by atoms with Crippen LogP contribution < -0.4 is 10.1 Å². The molecule has 1 amide bonds. The van der Waals surface area contributed by atoms with Crippen molar-refractivity contribution in [1.82, 2.24) is 9.21 Å². The first-order chi connectivity index (χ1) is 14.9. The number of nitrogens with zero attached hydrogens (tertiary/aromatic N) is 2. The van der Waals surface area contributed by atoms with Crippen LogP contribution in [0.4, 0.5) is 5.69 Å². The minimum absolute atomic E-state index is 0.163. The van der Waals surface area contributed by atoms with Gasteiger partial charge in [0, 0.05) is 38.5 Å². The first kappa shape index (κ1) is 23.2. The van der Waals surface area contributed by atoms with Gasteiger partial charge in [-0.15, -0.1) is 0 Å². The molecule has 0 radical (unpaired) electrons. The first-order valence-electron chi connectivity index (χ1n) is 10.3. The molecule has 168 valence electrons. The van der Waals surface area contributed by atoms with E-state index in [9.17, 15) is 13.2 Å². The van der Waals surface area contributed by atoms with Crippen LogP contribution in [0.1, 0.15) is 17.3 Å². The Labute approximate surface area is 183 Å². The van der Waals surface area contributed by atoms with Crippen molar-refractivity contribution in [1.29, 1.82) is 0 Å². The number of ether oxygens (including phenoxy) is 2. The Kier molecular flexibility index (Phi) is 8.03. The highest BCUT2D eigenvalue weighted by Gasteiger charge is 2.27. The molecule has 0 aliphatic carbocycles. The largest absolute Gasteiger partial charge is 0.490 e. The smallest absolute Gasteiger partial charge is 0.259 e. The SMILES string of the molecule is CCOCCOc1ccccc1C(=O)Nc1cccc(S(=O)(=O)N2CCN(C)CC2)c1. The summed E-state index contributed by atoms with van der Waals surface area (Å²) in [7, 11) is -1.65. The zero-order valence-electron chi connectivity index (χ0n) is 17.9. The van der Waals surface area contributed by atoms with Gasteiger partial charge in [0.1, 0.15) is 12.4 Å². The van der Waals surface area contributed by atoms with Crippen LogP contribution in [-0.4, -0.2) is 76.6 Å². The molecule has 3 rings (SSSR count). The summed E-state index contributed by atoms with van der Waals surface area (Å²) in [6.07, 6.45) is 0. The van der Waals surface area contributed by atoms with Crippen LogP contribution >= 0.6 is 0 Å². The van der Waals surface area contributed by atoms with Crippen LogP contribution in [0.5, 0.6) is 5.75 Å². The molecular weight excluding hydrogens is 418 g/mol. The standard InChI is InChI=1S/C22H29N3O5S/c1-3-29-15-16-30-21-10-5-4-9-20(21)22(26)23-18-7-6-8-19(17-18)31(27,28)25-13-11-24(2)12-14-25/h4-10,17H,3,11-16H2,1-2H3,(H,23,26). The number of likely N-dealkylation sites (N-methyl/N-ethyl adjacent to an activating group) is 1. The lowest BCUT2D eigenvalue weighted by Crippen LogP contribution is -2.47. The van der Waals surface area contributed by atoms with E-state index < -0.39 is 10.0 Å². The monoisotopic (exact) mass is 447 g/mol. The number of anilines is 1. The highest BCUT2D eigenvalue weighted by molar-refractivity contribution is 7.89. The van der Waals surface area contributed by atoms with Gasteiger partial charge >= 0.3 is 0 Å². The van der Waals surface area contributed by atoms with Crippen molar-refractivity contribution in [3.05, 3.63) is 54.1 Å². The van der Waals surface area contributed by atoms with Gasteiger partial charge in [-0.1, -0.05) is 18.2 Å². The van der Waals surface area contributed by atoms with Gasteiger partial charge in [-0.3, -0.25) is 4.79 Å².